The molecule has 0 N–H and O–H groups in total. The fraction of sp³-hybridized carbons (Fsp3) is 1.00. The number of likely N-dealkylation sites (tertiary alicyclic amines) is 1. The van der Waals surface area contributed by atoms with Crippen molar-refractivity contribution in [3.8, 4) is 0 Å². The van der Waals surface area contributed by atoms with E-state index in [1.54, 1.807) is 0 Å². The number of hydrogen-bond donors (Lipinski definition) is 0. The van der Waals surface area contributed by atoms with E-state index in [2.05, 4.69) is 30.6 Å². The largest absolute Gasteiger partial charge is 0.301 e. The molecule has 2 saturated heterocycles. The molecule has 1 unspecified atom stereocenters. The van der Waals surface area contributed by atoms with Gasteiger partial charge in [-0.2, -0.15) is 0 Å². The minimum Gasteiger partial charge on any atom is -0.301 e. The van der Waals surface area contributed by atoms with Crippen molar-refractivity contribution in [2.75, 3.05) is 37.7 Å². The smallest absolute Gasteiger partial charge is 0.152 e. The lowest BCUT2D eigenvalue weighted by atomic mass is 9.90. The molecule has 0 amide bonds. The Balaban J connectivity index is 1.81. The van der Waals surface area contributed by atoms with Crippen LogP contribution in [0.15, 0.2) is 0 Å². The third-order valence-corrected chi connectivity index (χ3v) is 6.57. The highest BCUT2D eigenvalue weighted by Crippen LogP contribution is 2.24. The predicted octanol–water partition coefficient (Wildman–Crippen LogP) is 1.62. The van der Waals surface area contributed by atoms with E-state index in [4.69, 9.17) is 0 Å². The maximum absolute atomic E-state index is 11.5. The summed E-state index contributed by atoms with van der Waals surface area (Å²) in [6, 6.07) is 1.16. The monoisotopic (exact) mass is 302 g/mol. The van der Waals surface area contributed by atoms with Crippen molar-refractivity contribution in [2.45, 2.75) is 52.1 Å². The summed E-state index contributed by atoms with van der Waals surface area (Å²) in [4.78, 5) is 4.96. The van der Waals surface area contributed by atoms with Crippen LogP contribution in [-0.2, 0) is 9.84 Å². The molecule has 20 heavy (non-hydrogen) atoms. The average molecular weight is 302 g/mol. The SMILES string of the molecule is CC(C)N1CCCC(C[C@H](C)N2CCS(=O)(=O)CC2)C1. The molecule has 0 aromatic rings. The molecule has 0 radical (unpaired) electrons. The zero-order valence-electron chi connectivity index (χ0n) is 13.2. The summed E-state index contributed by atoms with van der Waals surface area (Å²) < 4.78 is 23.0. The molecule has 2 atom stereocenters. The van der Waals surface area contributed by atoms with E-state index in [0.717, 1.165) is 19.0 Å². The first-order chi connectivity index (χ1) is 9.37. The van der Waals surface area contributed by atoms with Crippen LogP contribution >= 0.6 is 0 Å². The topological polar surface area (TPSA) is 40.6 Å². The first-order valence-electron chi connectivity index (χ1n) is 8.06. The van der Waals surface area contributed by atoms with E-state index in [1.165, 1.54) is 32.4 Å². The van der Waals surface area contributed by atoms with Gasteiger partial charge in [-0.25, -0.2) is 8.42 Å². The Hall–Kier alpha value is -0.130. The van der Waals surface area contributed by atoms with Crippen molar-refractivity contribution < 1.29 is 8.42 Å². The maximum atomic E-state index is 11.5. The van der Waals surface area contributed by atoms with E-state index in [0.29, 0.717) is 23.6 Å². The van der Waals surface area contributed by atoms with Crippen LogP contribution in [0.5, 0.6) is 0 Å². The quantitative estimate of drug-likeness (QED) is 0.791. The van der Waals surface area contributed by atoms with Gasteiger partial charge in [0.2, 0.25) is 0 Å². The van der Waals surface area contributed by atoms with Gasteiger partial charge in [0.15, 0.2) is 9.84 Å². The summed E-state index contributed by atoms with van der Waals surface area (Å²) in [5.41, 5.74) is 0. The summed E-state index contributed by atoms with van der Waals surface area (Å²) in [7, 11) is -2.75. The second kappa shape index (κ2) is 6.75. The summed E-state index contributed by atoms with van der Waals surface area (Å²) >= 11 is 0. The van der Waals surface area contributed by atoms with Crippen LogP contribution in [0.1, 0.15) is 40.0 Å². The normalized spacial score (nSPS) is 30.5. The third-order valence-electron chi connectivity index (χ3n) is 4.96. The molecule has 2 aliphatic rings. The lowest BCUT2D eigenvalue weighted by Crippen LogP contribution is -2.47. The van der Waals surface area contributed by atoms with Crippen molar-refractivity contribution in [1.82, 2.24) is 9.80 Å². The van der Waals surface area contributed by atoms with Gasteiger partial charge in [-0.3, -0.25) is 4.90 Å². The number of hydrogen-bond acceptors (Lipinski definition) is 4. The fourth-order valence-electron chi connectivity index (χ4n) is 3.56. The number of rotatable bonds is 4. The lowest BCUT2D eigenvalue weighted by molar-refractivity contribution is 0.110. The highest BCUT2D eigenvalue weighted by Gasteiger charge is 2.28. The molecule has 2 aliphatic heterocycles. The first kappa shape index (κ1) is 16.2. The van der Waals surface area contributed by atoms with Gasteiger partial charge in [-0.1, -0.05) is 0 Å². The number of piperidine rings is 1. The lowest BCUT2D eigenvalue weighted by Gasteiger charge is -2.39. The fourth-order valence-corrected chi connectivity index (χ4v) is 4.79. The van der Waals surface area contributed by atoms with E-state index in [1.807, 2.05) is 0 Å². The average Bonchev–Trinajstić information content (AvgIpc) is 2.38. The molecule has 4 nitrogen and oxygen atoms in total. The minimum absolute atomic E-state index is 0.347. The zero-order valence-corrected chi connectivity index (χ0v) is 14.0. The second-order valence-corrected chi connectivity index (χ2v) is 9.17. The Bertz CT molecular complexity index is 394. The molecule has 0 aromatic heterocycles. The molecule has 0 saturated carbocycles. The molecule has 0 bridgehead atoms. The van der Waals surface area contributed by atoms with Crippen LogP contribution in [0.3, 0.4) is 0 Å². The van der Waals surface area contributed by atoms with Crippen LogP contribution in [0.4, 0.5) is 0 Å². The molecular formula is C15H30N2O2S. The summed E-state index contributed by atoms with van der Waals surface area (Å²) in [6.45, 7) is 10.7. The summed E-state index contributed by atoms with van der Waals surface area (Å²) in [5.74, 6) is 1.47. The van der Waals surface area contributed by atoms with Crippen LogP contribution in [0, 0.1) is 5.92 Å². The molecule has 2 heterocycles. The first-order valence-corrected chi connectivity index (χ1v) is 9.88. The van der Waals surface area contributed by atoms with Gasteiger partial charge < -0.3 is 4.90 Å². The van der Waals surface area contributed by atoms with Gasteiger partial charge in [0.1, 0.15) is 0 Å². The Morgan fingerprint density at radius 3 is 2.30 bits per heavy atom. The van der Waals surface area contributed by atoms with Gasteiger partial charge in [0.05, 0.1) is 11.5 Å². The molecule has 0 aromatic carbocycles. The predicted molar refractivity (Wildman–Crippen MR) is 83.7 cm³/mol. The Labute approximate surface area is 124 Å². The third kappa shape index (κ3) is 4.43. The summed E-state index contributed by atoms with van der Waals surface area (Å²) in [5, 5.41) is 0. The molecule has 5 heteroatoms. The molecule has 0 aliphatic carbocycles. The molecular weight excluding hydrogens is 272 g/mol. The van der Waals surface area contributed by atoms with Crippen LogP contribution < -0.4 is 0 Å². The highest BCUT2D eigenvalue weighted by atomic mass is 32.2. The van der Waals surface area contributed by atoms with Crippen molar-refractivity contribution in [3.05, 3.63) is 0 Å². The van der Waals surface area contributed by atoms with E-state index in [9.17, 15) is 8.42 Å². The molecule has 2 fully saturated rings. The van der Waals surface area contributed by atoms with Gasteiger partial charge in [0.25, 0.3) is 0 Å². The number of sulfone groups is 1. The van der Waals surface area contributed by atoms with E-state index >= 15 is 0 Å². The Kier molecular flexibility index (Phi) is 5.49. The Morgan fingerprint density at radius 1 is 1.05 bits per heavy atom. The highest BCUT2D eigenvalue weighted by molar-refractivity contribution is 7.91. The standard InChI is InChI=1S/C15H30N2O2S/c1-13(2)17-6-4-5-15(12-17)11-14(3)16-7-9-20(18,19)10-8-16/h13-15H,4-12H2,1-3H3/t14-,15?/m0/s1. The van der Waals surface area contributed by atoms with Gasteiger partial charge in [-0.05, 0) is 52.5 Å². The van der Waals surface area contributed by atoms with E-state index < -0.39 is 9.84 Å². The molecule has 118 valence electrons. The van der Waals surface area contributed by atoms with Gasteiger partial charge in [-0.15, -0.1) is 0 Å². The van der Waals surface area contributed by atoms with Crippen molar-refractivity contribution in [3.63, 3.8) is 0 Å². The van der Waals surface area contributed by atoms with Gasteiger partial charge in [0, 0.05) is 31.7 Å². The van der Waals surface area contributed by atoms with Crippen molar-refractivity contribution >= 4 is 9.84 Å². The minimum atomic E-state index is -2.75. The van der Waals surface area contributed by atoms with Crippen LogP contribution in [0.2, 0.25) is 0 Å². The van der Waals surface area contributed by atoms with Crippen molar-refractivity contribution in [2.24, 2.45) is 5.92 Å². The summed E-state index contributed by atoms with van der Waals surface area (Å²) in [6.07, 6.45) is 3.85. The maximum Gasteiger partial charge on any atom is 0.152 e. The van der Waals surface area contributed by atoms with Crippen LogP contribution in [-0.4, -0.2) is 68.0 Å². The Morgan fingerprint density at radius 2 is 1.70 bits per heavy atom. The van der Waals surface area contributed by atoms with Crippen molar-refractivity contribution in [1.29, 1.82) is 0 Å². The van der Waals surface area contributed by atoms with Gasteiger partial charge >= 0.3 is 0 Å². The van der Waals surface area contributed by atoms with Crippen LogP contribution in [0.25, 0.3) is 0 Å². The zero-order chi connectivity index (χ0) is 14.8. The second-order valence-electron chi connectivity index (χ2n) is 6.87. The molecule has 0 spiro atoms. The number of nitrogens with zero attached hydrogens (tertiary/aromatic N) is 2. The molecule has 2 rings (SSSR count). The van der Waals surface area contributed by atoms with E-state index in [-0.39, 0.29) is 0 Å².